The molecule has 0 aromatic heterocycles. The van der Waals surface area contributed by atoms with Crippen LogP contribution >= 0.6 is 11.6 Å². The zero-order chi connectivity index (χ0) is 12.8. The summed E-state index contributed by atoms with van der Waals surface area (Å²) in [5.74, 6) is 1.33. The predicted molar refractivity (Wildman–Crippen MR) is 71.4 cm³/mol. The number of hydrogen-bond acceptors (Lipinski definition) is 2. The van der Waals surface area contributed by atoms with Crippen LogP contribution < -0.4 is 4.74 Å². The van der Waals surface area contributed by atoms with Crippen LogP contribution in [0, 0.1) is 13.8 Å². The van der Waals surface area contributed by atoms with Gasteiger partial charge in [-0.2, -0.15) is 0 Å². The van der Waals surface area contributed by atoms with E-state index in [2.05, 4.69) is 6.92 Å². The number of aryl methyl sites for hydroxylation is 2. The first-order valence-corrected chi connectivity index (χ1v) is 6.46. The van der Waals surface area contributed by atoms with E-state index in [1.54, 1.807) is 0 Å². The maximum atomic E-state index is 11.8. The number of hydrogen-bond donors (Lipinski definition) is 0. The molecular weight excluding hydrogens is 236 g/mol. The van der Waals surface area contributed by atoms with Crippen LogP contribution in [0.4, 0.5) is 0 Å². The van der Waals surface area contributed by atoms with E-state index in [4.69, 9.17) is 16.3 Å². The molecule has 0 N–H and O–H groups in total. The maximum absolute atomic E-state index is 11.8. The molecule has 3 heteroatoms. The number of carbonyl (C=O) groups is 1. The lowest BCUT2D eigenvalue weighted by molar-refractivity contribution is 0.0988. The molecule has 0 aliphatic rings. The van der Waals surface area contributed by atoms with Gasteiger partial charge in [-0.15, -0.1) is 11.6 Å². The summed E-state index contributed by atoms with van der Waals surface area (Å²) in [6.07, 6.45) is 1.36. The van der Waals surface area contributed by atoms with Crippen molar-refractivity contribution in [3.63, 3.8) is 0 Å². The number of alkyl halides is 1. The van der Waals surface area contributed by atoms with Crippen molar-refractivity contribution >= 4 is 17.4 Å². The lowest BCUT2D eigenvalue weighted by Crippen LogP contribution is -2.05. The maximum Gasteiger partial charge on any atom is 0.164 e. The van der Waals surface area contributed by atoms with Gasteiger partial charge in [-0.1, -0.05) is 6.92 Å². The second-order valence-corrected chi connectivity index (χ2v) is 4.52. The van der Waals surface area contributed by atoms with Gasteiger partial charge < -0.3 is 4.74 Å². The minimum absolute atomic E-state index is 0.0997. The van der Waals surface area contributed by atoms with Crippen LogP contribution in [0.2, 0.25) is 0 Å². The van der Waals surface area contributed by atoms with Gasteiger partial charge >= 0.3 is 0 Å². The van der Waals surface area contributed by atoms with Gasteiger partial charge in [0.2, 0.25) is 0 Å². The molecule has 0 spiro atoms. The largest absolute Gasteiger partial charge is 0.493 e. The molecule has 17 heavy (non-hydrogen) atoms. The first-order valence-electron chi connectivity index (χ1n) is 5.93. The topological polar surface area (TPSA) is 26.3 Å². The van der Waals surface area contributed by atoms with Crippen LogP contribution in [0.1, 0.15) is 41.3 Å². The van der Waals surface area contributed by atoms with Crippen molar-refractivity contribution in [1.29, 1.82) is 0 Å². The van der Waals surface area contributed by atoms with E-state index in [1.165, 1.54) is 0 Å². The summed E-state index contributed by atoms with van der Waals surface area (Å²) in [6.45, 7) is 6.66. The molecule has 1 rings (SSSR count). The summed E-state index contributed by atoms with van der Waals surface area (Å²) in [5.41, 5.74) is 2.71. The minimum atomic E-state index is 0.0997. The summed E-state index contributed by atoms with van der Waals surface area (Å²) in [6, 6.07) is 3.83. The Morgan fingerprint density at radius 1 is 1.29 bits per heavy atom. The predicted octanol–water partition coefficient (Wildman–Crippen LogP) is 3.90. The van der Waals surface area contributed by atoms with Gasteiger partial charge in [-0.25, -0.2) is 0 Å². The molecule has 0 fully saturated rings. The molecule has 0 saturated carbocycles. The Morgan fingerprint density at radius 3 is 2.59 bits per heavy atom. The molecule has 94 valence electrons. The Balaban J connectivity index is 2.96. The first-order chi connectivity index (χ1) is 8.10. The van der Waals surface area contributed by atoms with E-state index < -0.39 is 0 Å². The van der Waals surface area contributed by atoms with Crippen LogP contribution in [0.3, 0.4) is 0 Å². The van der Waals surface area contributed by atoms with Gasteiger partial charge in [0.25, 0.3) is 0 Å². The van der Waals surface area contributed by atoms with E-state index >= 15 is 0 Å². The third-order valence-corrected chi connectivity index (χ3v) is 2.79. The van der Waals surface area contributed by atoms with Gasteiger partial charge in [-0.3, -0.25) is 4.79 Å². The molecule has 0 bridgehead atoms. The van der Waals surface area contributed by atoms with Gasteiger partial charge in [0, 0.05) is 17.9 Å². The third-order valence-electron chi connectivity index (χ3n) is 2.61. The van der Waals surface area contributed by atoms with Crippen LogP contribution in [-0.2, 0) is 0 Å². The summed E-state index contributed by atoms with van der Waals surface area (Å²) in [4.78, 5) is 11.8. The van der Waals surface area contributed by atoms with Gasteiger partial charge in [-0.05, 0) is 43.5 Å². The number of halogens is 1. The molecule has 0 atom stereocenters. The van der Waals surface area contributed by atoms with E-state index in [0.29, 0.717) is 18.9 Å². The zero-order valence-corrected chi connectivity index (χ0v) is 11.4. The Labute approximate surface area is 108 Å². The quantitative estimate of drug-likeness (QED) is 0.568. The molecule has 0 aliphatic heterocycles. The Morgan fingerprint density at radius 2 is 2.00 bits per heavy atom. The van der Waals surface area contributed by atoms with Crippen molar-refractivity contribution in [1.82, 2.24) is 0 Å². The molecule has 1 aromatic rings. The number of carbonyl (C=O) groups excluding carboxylic acids is 1. The Kier molecular flexibility index (Phi) is 5.49. The summed E-state index contributed by atoms with van der Waals surface area (Å²) >= 11 is 5.59. The normalized spacial score (nSPS) is 10.4. The molecule has 0 heterocycles. The average molecular weight is 255 g/mol. The highest BCUT2D eigenvalue weighted by Gasteiger charge is 2.11. The lowest BCUT2D eigenvalue weighted by atomic mass is 10.00. The van der Waals surface area contributed by atoms with Crippen molar-refractivity contribution in [3.8, 4) is 5.75 Å². The molecule has 0 radical (unpaired) electrons. The van der Waals surface area contributed by atoms with Crippen LogP contribution in [0.5, 0.6) is 5.75 Å². The smallest absolute Gasteiger partial charge is 0.164 e. The highest BCUT2D eigenvalue weighted by molar-refractivity contribution is 6.19. The van der Waals surface area contributed by atoms with E-state index in [0.717, 1.165) is 28.9 Å². The highest BCUT2D eigenvalue weighted by atomic mass is 35.5. The van der Waals surface area contributed by atoms with Crippen LogP contribution in [0.25, 0.3) is 0 Å². The van der Waals surface area contributed by atoms with Crippen molar-refractivity contribution < 1.29 is 9.53 Å². The first kappa shape index (κ1) is 14.0. The standard InChI is InChI=1S/C14H19ClO2/c1-4-7-17-14-9-10(2)12(8-11(14)3)13(16)5-6-15/h8-9H,4-7H2,1-3H3. The van der Waals surface area contributed by atoms with Gasteiger partial charge in [0.1, 0.15) is 5.75 Å². The molecule has 0 aliphatic carbocycles. The van der Waals surface area contributed by atoms with E-state index in [-0.39, 0.29) is 5.78 Å². The monoisotopic (exact) mass is 254 g/mol. The lowest BCUT2D eigenvalue weighted by Gasteiger charge is -2.12. The second kappa shape index (κ2) is 6.65. The van der Waals surface area contributed by atoms with Gasteiger partial charge in [0.15, 0.2) is 5.78 Å². The zero-order valence-electron chi connectivity index (χ0n) is 10.7. The molecule has 0 unspecified atom stereocenters. The Hall–Kier alpha value is -1.02. The van der Waals surface area contributed by atoms with E-state index in [1.807, 2.05) is 26.0 Å². The SMILES string of the molecule is CCCOc1cc(C)c(C(=O)CCCl)cc1C. The third kappa shape index (κ3) is 3.74. The van der Waals surface area contributed by atoms with E-state index in [9.17, 15) is 4.79 Å². The number of ketones is 1. The Bertz CT molecular complexity index is 399. The van der Waals surface area contributed by atoms with Crippen molar-refractivity contribution in [2.45, 2.75) is 33.6 Å². The fourth-order valence-electron chi connectivity index (χ4n) is 1.68. The molecular formula is C14H19ClO2. The van der Waals surface area contributed by atoms with Crippen molar-refractivity contribution in [2.24, 2.45) is 0 Å². The number of benzene rings is 1. The van der Waals surface area contributed by atoms with Crippen LogP contribution in [-0.4, -0.2) is 18.3 Å². The van der Waals surface area contributed by atoms with Gasteiger partial charge in [0.05, 0.1) is 6.61 Å². The highest BCUT2D eigenvalue weighted by Crippen LogP contribution is 2.24. The fourth-order valence-corrected chi connectivity index (χ4v) is 1.85. The van der Waals surface area contributed by atoms with Crippen LogP contribution in [0.15, 0.2) is 12.1 Å². The molecule has 0 amide bonds. The fraction of sp³-hybridized carbons (Fsp3) is 0.500. The van der Waals surface area contributed by atoms with Crippen molar-refractivity contribution in [3.05, 3.63) is 28.8 Å². The number of rotatable bonds is 6. The summed E-state index contributed by atoms with van der Waals surface area (Å²) in [7, 11) is 0. The number of Topliss-reactive ketones (excluding diaryl/α,β-unsaturated/α-hetero) is 1. The summed E-state index contributed by atoms with van der Waals surface area (Å²) in [5, 5.41) is 0. The number of ether oxygens (including phenoxy) is 1. The second-order valence-electron chi connectivity index (χ2n) is 4.14. The van der Waals surface area contributed by atoms with Crippen molar-refractivity contribution in [2.75, 3.05) is 12.5 Å². The molecule has 0 saturated heterocycles. The average Bonchev–Trinajstić information content (AvgIpc) is 2.30. The minimum Gasteiger partial charge on any atom is -0.493 e. The summed E-state index contributed by atoms with van der Waals surface area (Å²) < 4.78 is 5.62. The molecule has 1 aromatic carbocycles. The molecule has 2 nitrogen and oxygen atoms in total.